The molecule has 1 aliphatic heterocycles. The van der Waals surface area contributed by atoms with E-state index in [2.05, 4.69) is 10.1 Å². The molecular weight excluding hydrogens is 283 g/mol. The number of aromatic nitrogens is 3. The number of hydrogen-bond donors (Lipinski definition) is 1. The maximum atomic E-state index is 12.8. The minimum atomic E-state index is -4.45. The summed E-state index contributed by atoms with van der Waals surface area (Å²) in [5.74, 6) is 0.893. The van der Waals surface area contributed by atoms with Crippen molar-refractivity contribution in [1.82, 2.24) is 14.6 Å². The van der Waals surface area contributed by atoms with Crippen LogP contribution in [0.1, 0.15) is 18.5 Å². The van der Waals surface area contributed by atoms with E-state index in [1.54, 1.807) is 0 Å². The fraction of sp³-hybridized carbons (Fsp3) is 0.538. The van der Waals surface area contributed by atoms with Gasteiger partial charge in [-0.15, -0.1) is 0 Å². The lowest BCUT2D eigenvalue weighted by Gasteiger charge is -2.33. The number of halogens is 3. The van der Waals surface area contributed by atoms with Crippen molar-refractivity contribution in [2.24, 2.45) is 11.7 Å². The Hall–Kier alpha value is -1.83. The van der Waals surface area contributed by atoms with Crippen LogP contribution in [-0.4, -0.2) is 34.2 Å². The Balaban J connectivity index is 2.00. The molecule has 2 aromatic heterocycles. The molecule has 0 spiro atoms. The van der Waals surface area contributed by atoms with Gasteiger partial charge in [-0.25, -0.2) is 9.50 Å². The summed E-state index contributed by atoms with van der Waals surface area (Å²) in [5, 5.41) is 3.58. The van der Waals surface area contributed by atoms with Gasteiger partial charge in [-0.05, 0) is 25.3 Å². The Labute approximate surface area is 119 Å². The van der Waals surface area contributed by atoms with Crippen LogP contribution in [0.3, 0.4) is 0 Å². The first-order chi connectivity index (χ1) is 9.99. The second-order valence-electron chi connectivity index (χ2n) is 5.30. The van der Waals surface area contributed by atoms with Gasteiger partial charge < -0.3 is 10.6 Å². The number of hydrogen-bond acceptors (Lipinski definition) is 4. The van der Waals surface area contributed by atoms with E-state index in [1.165, 1.54) is 16.9 Å². The summed E-state index contributed by atoms with van der Waals surface area (Å²) in [4.78, 5) is 6.25. The van der Waals surface area contributed by atoms with Crippen molar-refractivity contribution in [2.45, 2.75) is 19.0 Å². The molecule has 2 N–H and O–H groups in total. The van der Waals surface area contributed by atoms with Crippen molar-refractivity contribution >= 4 is 11.3 Å². The molecule has 1 aliphatic rings. The summed E-state index contributed by atoms with van der Waals surface area (Å²) in [6.07, 6.45) is 0.457. The van der Waals surface area contributed by atoms with Crippen molar-refractivity contribution in [3.05, 3.63) is 24.2 Å². The minimum absolute atomic E-state index is 0.353. The Morgan fingerprint density at radius 3 is 2.90 bits per heavy atom. The lowest BCUT2D eigenvalue weighted by molar-refractivity contribution is -0.141. The first kappa shape index (κ1) is 14.1. The quantitative estimate of drug-likeness (QED) is 0.920. The first-order valence-electron chi connectivity index (χ1n) is 6.85. The van der Waals surface area contributed by atoms with Gasteiger partial charge in [0.25, 0.3) is 0 Å². The molecule has 1 fully saturated rings. The molecule has 114 valence electrons. The Bertz CT molecular complexity index is 636. The van der Waals surface area contributed by atoms with E-state index in [1.807, 2.05) is 4.90 Å². The van der Waals surface area contributed by atoms with E-state index >= 15 is 0 Å². The number of alkyl halides is 3. The van der Waals surface area contributed by atoms with E-state index in [0.29, 0.717) is 23.8 Å². The average Bonchev–Trinajstić information content (AvgIpc) is 2.91. The van der Waals surface area contributed by atoms with Crippen LogP contribution in [0.15, 0.2) is 18.5 Å². The summed E-state index contributed by atoms with van der Waals surface area (Å²) in [5.41, 5.74) is 5.18. The second kappa shape index (κ2) is 5.18. The Morgan fingerprint density at radius 2 is 2.19 bits per heavy atom. The number of fused-ring (bicyclic) bond motifs is 1. The molecule has 3 heterocycles. The third-order valence-electron chi connectivity index (χ3n) is 3.81. The van der Waals surface area contributed by atoms with Gasteiger partial charge in [-0.1, -0.05) is 0 Å². The SMILES string of the molecule is NCC1CCCN(c2nccn3nc(C(F)(F)F)cc23)C1. The Kier molecular flexibility index (Phi) is 3.48. The van der Waals surface area contributed by atoms with Crippen LogP contribution >= 0.6 is 0 Å². The third-order valence-corrected chi connectivity index (χ3v) is 3.81. The van der Waals surface area contributed by atoms with Crippen molar-refractivity contribution in [1.29, 1.82) is 0 Å². The van der Waals surface area contributed by atoms with Crippen LogP contribution < -0.4 is 10.6 Å². The van der Waals surface area contributed by atoms with Gasteiger partial charge in [0.05, 0.1) is 0 Å². The van der Waals surface area contributed by atoms with E-state index in [9.17, 15) is 13.2 Å². The number of nitrogens with two attached hydrogens (primary N) is 1. The topological polar surface area (TPSA) is 59.5 Å². The van der Waals surface area contributed by atoms with Gasteiger partial charge in [0, 0.05) is 31.5 Å². The average molecular weight is 299 g/mol. The zero-order valence-corrected chi connectivity index (χ0v) is 11.3. The molecule has 0 radical (unpaired) electrons. The summed E-state index contributed by atoms with van der Waals surface area (Å²) < 4.78 is 39.6. The van der Waals surface area contributed by atoms with E-state index in [-0.39, 0.29) is 0 Å². The molecule has 0 aliphatic carbocycles. The molecule has 8 heteroatoms. The van der Waals surface area contributed by atoms with Gasteiger partial charge in [0.1, 0.15) is 5.52 Å². The van der Waals surface area contributed by atoms with Crippen LogP contribution in [0.25, 0.3) is 5.52 Å². The summed E-state index contributed by atoms with van der Waals surface area (Å²) in [7, 11) is 0. The van der Waals surface area contributed by atoms with Crippen LogP contribution in [0, 0.1) is 5.92 Å². The van der Waals surface area contributed by atoms with Gasteiger partial charge in [0.15, 0.2) is 11.5 Å². The Morgan fingerprint density at radius 1 is 1.38 bits per heavy atom. The van der Waals surface area contributed by atoms with Gasteiger partial charge in [0.2, 0.25) is 0 Å². The van der Waals surface area contributed by atoms with Crippen LogP contribution in [-0.2, 0) is 6.18 Å². The predicted octanol–water partition coefficient (Wildman–Crippen LogP) is 1.92. The highest BCUT2D eigenvalue weighted by Gasteiger charge is 2.35. The lowest BCUT2D eigenvalue weighted by Crippen LogP contribution is -2.39. The molecule has 0 amide bonds. The largest absolute Gasteiger partial charge is 0.435 e. The number of piperidine rings is 1. The van der Waals surface area contributed by atoms with Crippen LogP contribution in [0.2, 0.25) is 0 Å². The van der Waals surface area contributed by atoms with Crippen molar-refractivity contribution in [3.63, 3.8) is 0 Å². The highest BCUT2D eigenvalue weighted by atomic mass is 19.4. The van der Waals surface area contributed by atoms with Crippen molar-refractivity contribution in [2.75, 3.05) is 24.5 Å². The maximum Gasteiger partial charge on any atom is 0.435 e. The van der Waals surface area contributed by atoms with E-state index < -0.39 is 11.9 Å². The fourth-order valence-corrected chi connectivity index (χ4v) is 2.74. The molecule has 0 aromatic carbocycles. The maximum absolute atomic E-state index is 12.8. The predicted molar refractivity (Wildman–Crippen MR) is 72.0 cm³/mol. The highest BCUT2D eigenvalue weighted by Crippen LogP contribution is 2.31. The van der Waals surface area contributed by atoms with Crippen LogP contribution in [0.4, 0.5) is 19.0 Å². The molecule has 1 unspecified atom stereocenters. The molecule has 21 heavy (non-hydrogen) atoms. The highest BCUT2D eigenvalue weighted by molar-refractivity contribution is 5.69. The fourth-order valence-electron chi connectivity index (χ4n) is 2.74. The van der Waals surface area contributed by atoms with Crippen LogP contribution in [0.5, 0.6) is 0 Å². The number of nitrogens with zero attached hydrogens (tertiary/aromatic N) is 4. The molecule has 2 aromatic rings. The first-order valence-corrected chi connectivity index (χ1v) is 6.85. The summed E-state index contributed by atoms with van der Waals surface area (Å²) >= 11 is 0. The van der Waals surface area contributed by atoms with E-state index in [4.69, 9.17) is 5.73 Å². The molecule has 0 bridgehead atoms. The van der Waals surface area contributed by atoms with Gasteiger partial charge in [-0.2, -0.15) is 18.3 Å². The molecule has 1 saturated heterocycles. The van der Waals surface area contributed by atoms with Crippen molar-refractivity contribution in [3.8, 4) is 0 Å². The number of rotatable bonds is 2. The number of anilines is 1. The zero-order valence-electron chi connectivity index (χ0n) is 11.3. The molecule has 3 rings (SSSR count). The molecule has 5 nitrogen and oxygen atoms in total. The molecular formula is C13H16F3N5. The smallest absolute Gasteiger partial charge is 0.355 e. The van der Waals surface area contributed by atoms with Gasteiger partial charge >= 0.3 is 6.18 Å². The standard InChI is InChI=1S/C13H16F3N5/c14-13(15,16)11-6-10-12(18-3-5-21(10)19-11)20-4-1-2-9(7-17)8-20/h3,5-6,9H,1-2,4,7-8,17H2. The molecule has 0 saturated carbocycles. The lowest BCUT2D eigenvalue weighted by atomic mass is 9.98. The third kappa shape index (κ3) is 2.67. The minimum Gasteiger partial charge on any atom is -0.355 e. The summed E-state index contributed by atoms with van der Waals surface area (Å²) in [6.45, 7) is 2.07. The summed E-state index contributed by atoms with van der Waals surface area (Å²) in [6, 6.07) is 1.05. The normalized spacial score (nSPS) is 20.2. The molecule has 1 atom stereocenters. The monoisotopic (exact) mass is 299 g/mol. The van der Waals surface area contributed by atoms with E-state index in [0.717, 1.165) is 32.0 Å². The zero-order chi connectivity index (χ0) is 15.0. The van der Waals surface area contributed by atoms with Crippen molar-refractivity contribution < 1.29 is 13.2 Å². The second-order valence-corrected chi connectivity index (χ2v) is 5.30. The van der Waals surface area contributed by atoms with Gasteiger partial charge in [-0.3, -0.25) is 0 Å².